The molecule has 0 amide bonds. The first-order chi connectivity index (χ1) is 12.9. The molecule has 0 bridgehead atoms. The van der Waals surface area contributed by atoms with Crippen LogP contribution in [0.1, 0.15) is 16.7 Å². The van der Waals surface area contributed by atoms with Crippen LogP contribution in [0.3, 0.4) is 0 Å². The molecule has 3 nitrogen and oxygen atoms in total. The molecule has 27 heavy (non-hydrogen) atoms. The van der Waals surface area contributed by atoms with Gasteiger partial charge in [0.2, 0.25) is 5.70 Å². The van der Waals surface area contributed by atoms with Gasteiger partial charge in [0.25, 0.3) is 0 Å². The summed E-state index contributed by atoms with van der Waals surface area (Å²) >= 11 is 9.03. The van der Waals surface area contributed by atoms with E-state index in [2.05, 4.69) is 27.3 Å². The first-order valence-corrected chi connectivity index (χ1v) is 9.68. The molecule has 0 radical (unpaired) electrons. The quantitative estimate of drug-likeness (QED) is 0.282. The van der Waals surface area contributed by atoms with Crippen molar-refractivity contribution in [2.24, 2.45) is 0 Å². The number of aryl methyl sites for hydroxylation is 2. The molecule has 0 spiro atoms. The van der Waals surface area contributed by atoms with Crippen LogP contribution >= 0.6 is 28.1 Å². The molecule has 1 aromatic heterocycles. The molecule has 3 aromatic rings. The van der Waals surface area contributed by atoms with Gasteiger partial charge in [-0.05, 0) is 60.6 Å². The Morgan fingerprint density at radius 1 is 0.963 bits per heavy atom. The van der Waals surface area contributed by atoms with Gasteiger partial charge in [0.05, 0.1) is 0 Å². The molecule has 0 aliphatic rings. The van der Waals surface area contributed by atoms with Crippen LogP contribution < -0.4 is 15.0 Å². The van der Waals surface area contributed by atoms with E-state index < -0.39 is 0 Å². The van der Waals surface area contributed by atoms with E-state index in [9.17, 15) is 5.11 Å². The summed E-state index contributed by atoms with van der Waals surface area (Å²) in [4.78, 5) is 0.379. The maximum atomic E-state index is 13.2. The summed E-state index contributed by atoms with van der Waals surface area (Å²) in [6, 6.07) is 19.0. The monoisotopic (exact) mass is 438 g/mol. The van der Waals surface area contributed by atoms with Gasteiger partial charge in [-0.25, -0.2) is 0 Å². The molecule has 3 rings (SSSR count). The van der Waals surface area contributed by atoms with E-state index in [1.165, 1.54) is 0 Å². The number of hydrogen-bond acceptors (Lipinski definition) is 2. The molecule has 0 atom stereocenters. The van der Waals surface area contributed by atoms with Crippen molar-refractivity contribution in [2.75, 3.05) is 5.32 Å². The molecule has 0 unspecified atom stereocenters. The van der Waals surface area contributed by atoms with Crippen LogP contribution in [0.25, 0.3) is 11.5 Å². The molecule has 136 valence electrons. The molecule has 0 aliphatic heterocycles. The van der Waals surface area contributed by atoms with Gasteiger partial charge in [0, 0.05) is 22.3 Å². The largest absolute Gasteiger partial charge is 0.867 e. The van der Waals surface area contributed by atoms with E-state index in [1.807, 2.05) is 68.7 Å². The van der Waals surface area contributed by atoms with Crippen LogP contribution in [0.5, 0.6) is 0 Å². The van der Waals surface area contributed by atoms with Crippen molar-refractivity contribution in [2.45, 2.75) is 13.8 Å². The van der Waals surface area contributed by atoms with Gasteiger partial charge < -0.3 is 10.4 Å². The number of nitrogens with zero attached hydrogens (tertiary/aromatic N) is 1. The highest BCUT2D eigenvalue weighted by atomic mass is 79.9. The molecular formula is C22H19BrN2OS. The number of anilines is 1. The van der Waals surface area contributed by atoms with Gasteiger partial charge in [0.15, 0.2) is 17.4 Å². The van der Waals surface area contributed by atoms with Crippen LogP contribution in [0.15, 0.2) is 77.5 Å². The average molecular weight is 439 g/mol. The first kappa shape index (κ1) is 19.3. The third-order valence-corrected chi connectivity index (χ3v) is 4.81. The Morgan fingerprint density at radius 3 is 2.15 bits per heavy atom. The minimum absolute atomic E-state index is 0.138. The fourth-order valence-electron chi connectivity index (χ4n) is 2.86. The minimum Gasteiger partial charge on any atom is -0.867 e. The highest BCUT2D eigenvalue weighted by molar-refractivity contribution is 9.10. The smallest absolute Gasteiger partial charge is 0.238 e. The number of halogens is 1. The Kier molecular flexibility index (Phi) is 6.04. The number of rotatable bonds is 4. The summed E-state index contributed by atoms with van der Waals surface area (Å²) in [5.41, 5.74) is 4.12. The maximum absolute atomic E-state index is 13.2. The fourth-order valence-corrected chi connectivity index (χ4v) is 3.44. The molecule has 1 heterocycles. The third kappa shape index (κ3) is 4.81. The number of pyridine rings is 1. The summed E-state index contributed by atoms with van der Waals surface area (Å²) in [6.45, 7) is 4.07. The maximum Gasteiger partial charge on any atom is 0.238 e. The topological polar surface area (TPSA) is 39.0 Å². The molecule has 5 heteroatoms. The van der Waals surface area contributed by atoms with E-state index in [0.29, 0.717) is 16.2 Å². The normalized spacial score (nSPS) is 11.7. The summed E-state index contributed by atoms with van der Waals surface area (Å²) in [6.07, 6.45) is 3.64. The van der Waals surface area contributed by atoms with E-state index in [0.717, 1.165) is 21.3 Å². The van der Waals surface area contributed by atoms with E-state index in [-0.39, 0.29) is 5.76 Å². The van der Waals surface area contributed by atoms with E-state index in [4.69, 9.17) is 12.2 Å². The zero-order chi connectivity index (χ0) is 19.4. The molecule has 0 saturated carbocycles. The van der Waals surface area contributed by atoms with E-state index >= 15 is 0 Å². The van der Waals surface area contributed by atoms with Gasteiger partial charge in [0.1, 0.15) is 0 Å². The lowest BCUT2D eigenvalue weighted by molar-refractivity contribution is -0.577. The van der Waals surface area contributed by atoms with Crippen molar-refractivity contribution < 1.29 is 9.67 Å². The standard InChI is InChI=1S/C22H19BrN2OS/c1-15-12-16(2)14-19(13-15)24-22(27)20(25-10-4-3-5-11-25)21(26)17-6-8-18(23)9-7-17/h3-14H,1-2H3,(H-,24,26,27). The highest BCUT2D eigenvalue weighted by Gasteiger charge is 2.18. The van der Waals surface area contributed by atoms with Crippen LogP contribution in [0.4, 0.5) is 5.69 Å². The van der Waals surface area contributed by atoms with Gasteiger partial charge in [-0.2, -0.15) is 4.57 Å². The fraction of sp³-hybridized carbons (Fsp3) is 0.0909. The minimum atomic E-state index is -0.138. The zero-order valence-corrected chi connectivity index (χ0v) is 17.5. The van der Waals surface area contributed by atoms with Crippen LogP contribution in [-0.4, -0.2) is 4.99 Å². The molecule has 2 aromatic carbocycles. The summed E-state index contributed by atoms with van der Waals surface area (Å²) in [5, 5.41) is 16.4. The predicted octanol–water partition coefficient (Wildman–Crippen LogP) is 4.48. The van der Waals surface area contributed by atoms with Crippen molar-refractivity contribution in [3.05, 3.63) is 94.2 Å². The SMILES string of the molecule is Cc1cc(C)cc(NC(=S)/C(=C(\[O-])c2ccc(Br)cc2)[n+]2ccccc2)c1. The van der Waals surface area contributed by atoms with Crippen LogP contribution in [0, 0.1) is 13.8 Å². The van der Waals surface area contributed by atoms with Crippen molar-refractivity contribution in [1.29, 1.82) is 0 Å². The second-order valence-electron chi connectivity index (χ2n) is 6.30. The molecule has 0 aliphatic carbocycles. The Labute approximate surface area is 173 Å². The lowest BCUT2D eigenvalue weighted by Crippen LogP contribution is -2.39. The number of hydrogen-bond donors (Lipinski definition) is 1. The Bertz CT molecular complexity index is 978. The predicted molar refractivity (Wildman–Crippen MR) is 116 cm³/mol. The zero-order valence-electron chi connectivity index (χ0n) is 15.1. The van der Waals surface area contributed by atoms with Gasteiger partial charge in [-0.1, -0.05) is 52.4 Å². The third-order valence-electron chi connectivity index (χ3n) is 3.99. The Morgan fingerprint density at radius 2 is 1.56 bits per heavy atom. The van der Waals surface area contributed by atoms with Crippen molar-refractivity contribution in [3.63, 3.8) is 0 Å². The number of aromatic nitrogens is 1. The average Bonchev–Trinajstić information content (AvgIpc) is 2.62. The second-order valence-corrected chi connectivity index (χ2v) is 7.62. The van der Waals surface area contributed by atoms with Crippen molar-refractivity contribution in [1.82, 2.24) is 0 Å². The van der Waals surface area contributed by atoms with Crippen molar-refractivity contribution in [3.8, 4) is 0 Å². The number of benzene rings is 2. The summed E-state index contributed by atoms with van der Waals surface area (Å²) in [5.74, 6) is -0.138. The molecule has 1 N–H and O–H groups in total. The number of nitrogens with one attached hydrogen (secondary N) is 1. The highest BCUT2D eigenvalue weighted by Crippen LogP contribution is 2.20. The van der Waals surface area contributed by atoms with Gasteiger partial charge in [-0.3, -0.25) is 0 Å². The Hall–Kier alpha value is -2.50. The van der Waals surface area contributed by atoms with E-state index in [1.54, 1.807) is 16.7 Å². The lowest BCUT2D eigenvalue weighted by Gasteiger charge is -2.17. The lowest BCUT2D eigenvalue weighted by atomic mass is 10.1. The summed E-state index contributed by atoms with van der Waals surface area (Å²) < 4.78 is 2.67. The molecular weight excluding hydrogens is 420 g/mol. The van der Waals surface area contributed by atoms with Crippen LogP contribution in [0.2, 0.25) is 0 Å². The second kappa shape index (κ2) is 8.46. The van der Waals surface area contributed by atoms with Crippen molar-refractivity contribution >= 4 is 50.3 Å². The van der Waals surface area contributed by atoms with Gasteiger partial charge in [-0.15, -0.1) is 0 Å². The van der Waals surface area contributed by atoms with Gasteiger partial charge >= 0.3 is 0 Å². The van der Waals surface area contributed by atoms with Crippen LogP contribution in [-0.2, 0) is 0 Å². The first-order valence-electron chi connectivity index (χ1n) is 8.47. The molecule has 0 fully saturated rings. The Balaban J connectivity index is 2.05. The summed E-state index contributed by atoms with van der Waals surface area (Å²) in [7, 11) is 0. The molecule has 0 saturated heterocycles. The number of thiocarbonyl (C=S) groups is 1.